The van der Waals surface area contributed by atoms with Gasteiger partial charge in [-0.1, -0.05) is 48.0 Å². The van der Waals surface area contributed by atoms with E-state index in [1.54, 1.807) is 17.0 Å². The Morgan fingerprint density at radius 1 is 1.08 bits per heavy atom. The highest BCUT2D eigenvalue weighted by Gasteiger charge is 2.35. The van der Waals surface area contributed by atoms with Gasteiger partial charge in [0.1, 0.15) is 0 Å². The molecule has 0 spiro atoms. The van der Waals surface area contributed by atoms with Gasteiger partial charge in [0.05, 0.1) is 11.5 Å². The Hall–Kier alpha value is -2.14. The van der Waals surface area contributed by atoms with E-state index in [-0.39, 0.29) is 23.5 Å². The van der Waals surface area contributed by atoms with Crippen molar-refractivity contribution < 1.29 is 13.2 Å². The molecule has 5 heteroatoms. The van der Waals surface area contributed by atoms with Crippen molar-refractivity contribution in [3.8, 4) is 0 Å². The van der Waals surface area contributed by atoms with Crippen LogP contribution in [0.15, 0.2) is 54.6 Å². The van der Waals surface area contributed by atoms with Crippen LogP contribution in [0.2, 0.25) is 0 Å². The lowest BCUT2D eigenvalue weighted by Crippen LogP contribution is -2.40. The van der Waals surface area contributed by atoms with Gasteiger partial charge in [-0.05, 0) is 31.0 Å². The maximum Gasteiger partial charge on any atom is 0.254 e. The zero-order chi connectivity index (χ0) is 17.2. The van der Waals surface area contributed by atoms with Crippen molar-refractivity contribution >= 4 is 15.7 Å². The molecule has 0 N–H and O–H groups in total. The number of hydrogen-bond acceptors (Lipinski definition) is 3. The van der Waals surface area contributed by atoms with Gasteiger partial charge < -0.3 is 4.90 Å². The normalized spacial score (nSPS) is 19.1. The molecule has 0 aliphatic carbocycles. The van der Waals surface area contributed by atoms with E-state index < -0.39 is 9.84 Å². The first kappa shape index (κ1) is 16.7. The number of carbonyl (C=O) groups is 1. The average Bonchev–Trinajstić information content (AvgIpc) is 2.94. The lowest BCUT2D eigenvalue weighted by Gasteiger charge is -2.28. The number of rotatable bonds is 4. The molecular weight excluding hydrogens is 322 g/mol. The minimum atomic E-state index is -3.05. The third kappa shape index (κ3) is 3.85. The van der Waals surface area contributed by atoms with Crippen molar-refractivity contribution in [1.82, 2.24) is 4.90 Å². The highest BCUT2D eigenvalue weighted by atomic mass is 32.2. The molecule has 3 rings (SSSR count). The second-order valence-corrected chi connectivity index (χ2v) is 8.57. The van der Waals surface area contributed by atoms with E-state index in [1.807, 2.05) is 49.4 Å². The van der Waals surface area contributed by atoms with Crippen LogP contribution in [0.1, 0.15) is 27.9 Å². The zero-order valence-corrected chi connectivity index (χ0v) is 14.5. The fourth-order valence-corrected chi connectivity index (χ4v) is 4.76. The lowest BCUT2D eigenvalue weighted by atomic mass is 10.1. The lowest BCUT2D eigenvalue weighted by molar-refractivity contribution is 0.0681. The topological polar surface area (TPSA) is 54.5 Å². The first-order valence-electron chi connectivity index (χ1n) is 8.06. The SMILES string of the molecule is Cc1ccc(CN(C(=O)c2ccccc2)[C@@H]2CCS(=O)(=O)C2)cc1. The van der Waals surface area contributed by atoms with E-state index in [0.29, 0.717) is 18.5 Å². The van der Waals surface area contributed by atoms with E-state index in [1.165, 1.54) is 0 Å². The minimum absolute atomic E-state index is 0.0530. The van der Waals surface area contributed by atoms with Crippen molar-refractivity contribution in [2.75, 3.05) is 11.5 Å². The number of amides is 1. The number of sulfone groups is 1. The minimum Gasteiger partial charge on any atom is -0.330 e. The van der Waals surface area contributed by atoms with Gasteiger partial charge in [-0.2, -0.15) is 0 Å². The van der Waals surface area contributed by atoms with Gasteiger partial charge in [0.15, 0.2) is 9.84 Å². The smallest absolute Gasteiger partial charge is 0.254 e. The molecule has 2 aromatic rings. The summed E-state index contributed by atoms with van der Waals surface area (Å²) >= 11 is 0. The summed E-state index contributed by atoms with van der Waals surface area (Å²) in [6, 6.07) is 16.8. The second kappa shape index (κ2) is 6.77. The molecule has 0 saturated carbocycles. The van der Waals surface area contributed by atoms with Crippen molar-refractivity contribution in [3.05, 3.63) is 71.3 Å². The molecule has 1 amide bonds. The van der Waals surface area contributed by atoms with Crippen molar-refractivity contribution in [3.63, 3.8) is 0 Å². The second-order valence-electron chi connectivity index (χ2n) is 6.34. The van der Waals surface area contributed by atoms with Crippen LogP contribution in [0.3, 0.4) is 0 Å². The van der Waals surface area contributed by atoms with E-state index in [4.69, 9.17) is 0 Å². The Bertz CT molecular complexity index is 813. The molecule has 2 aromatic carbocycles. The number of benzene rings is 2. The predicted octanol–water partition coefficient (Wildman–Crippen LogP) is 2.82. The number of carbonyl (C=O) groups excluding carboxylic acids is 1. The highest BCUT2D eigenvalue weighted by Crippen LogP contribution is 2.22. The van der Waals surface area contributed by atoms with Crippen LogP contribution in [0.25, 0.3) is 0 Å². The van der Waals surface area contributed by atoms with Gasteiger partial charge >= 0.3 is 0 Å². The van der Waals surface area contributed by atoms with E-state index in [9.17, 15) is 13.2 Å². The van der Waals surface area contributed by atoms with E-state index in [2.05, 4.69) is 0 Å². The molecule has 1 saturated heterocycles. The van der Waals surface area contributed by atoms with Crippen molar-refractivity contribution in [2.24, 2.45) is 0 Å². The molecule has 1 aliphatic heterocycles. The Morgan fingerprint density at radius 3 is 2.33 bits per heavy atom. The summed E-state index contributed by atoms with van der Waals surface area (Å²) in [6.45, 7) is 2.44. The quantitative estimate of drug-likeness (QED) is 0.858. The van der Waals surface area contributed by atoms with Gasteiger partial charge in [-0.3, -0.25) is 4.79 Å². The monoisotopic (exact) mass is 343 g/mol. The molecule has 1 heterocycles. The standard InChI is InChI=1S/C19H21NO3S/c1-15-7-9-16(10-8-15)13-20(18-11-12-24(22,23)14-18)19(21)17-5-3-2-4-6-17/h2-10,18H,11-14H2,1H3/t18-/m1/s1. The third-order valence-electron chi connectivity index (χ3n) is 4.40. The zero-order valence-electron chi connectivity index (χ0n) is 13.7. The Morgan fingerprint density at radius 2 is 1.75 bits per heavy atom. The van der Waals surface area contributed by atoms with E-state index in [0.717, 1.165) is 11.1 Å². The molecule has 24 heavy (non-hydrogen) atoms. The average molecular weight is 343 g/mol. The number of nitrogens with zero attached hydrogens (tertiary/aromatic N) is 1. The Labute approximate surface area is 143 Å². The summed E-state index contributed by atoms with van der Waals surface area (Å²) in [5, 5.41) is 0. The summed E-state index contributed by atoms with van der Waals surface area (Å²) in [5.41, 5.74) is 2.76. The van der Waals surface area contributed by atoms with Crippen LogP contribution >= 0.6 is 0 Å². The summed E-state index contributed by atoms with van der Waals surface area (Å²) < 4.78 is 23.7. The van der Waals surface area contributed by atoms with Crippen molar-refractivity contribution in [1.29, 1.82) is 0 Å². The molecule has 1 aliphatic rings. The first-order valence-corrected chi connectivity index (χ1v) is 9.89. The first-order chi connectivity index (χ1) is 11.4. The Balaban J connectivity index is 1.88. The van der Waals surface area contributed by atoms with Gasteiger partial charge in [0.2, 0.25) is 0 Å². The molecule has 126 valence electrons. The maximum absolute atomic E-state index is 12.9. The van der Waals surface area contributed by atoms with Crippen LogP contribution in [0.4, 0.5) is 0 Å². The third-order valence-corrected chi connectivity index (χ3v) is 6.15. The molecule has 1 atom stereocenters. The fraction of sp³-hybridized carbons (Fsp3) is 0.316. The molecule has 0 unspecified atom stereocenters. The van der Waals surface area contributed by atoms with Crippen LogP contribution < -0.4 is 0 Å². The van der Waals surface area contributed by atoms with Gasteiger partial charge in [-0.25, -0.2) is 8.42 Å². The van der Waals surface area contributed by atoms with Crippen LogP contribution in [-0.2, 0) is 16.4 Å². The number of aryl methyl sites for hydroxylation is 1. The van der Waals surface area contributed by atoms with E-state index >= 15 is 0 Å². The maximum atomic E-state index is 12.9. The summed E-state index contributed by atoms with van der Waals surface area (Å²) in [4.78, 5) is 14.7. The summed E-state index contributed by atoms with van der Waals surface area (Å²) in [7, 11) is -3.05. The van der Waals surface area contributed by atoms with Crippen molar-refractivity contribution in [2.45, 2.75) is 25.9 Å². The Kier molecular flexibility index (Phi) is 4.71. The van der Waals surface area contributed by atoms with Crippen LogP contribution in [0.5, 0.6) is 0 Å². The highest BCUT2D eigenvalue weighted by molar-refractivity contribution is 7.91. The molecular formula is C19H21NO3S. The summed E-state index contributed by atoms with van der Waals surface area (Å²) in [6.07, 6.45) is 0.507. The molecule has 0 radical (unpaired) electrons. The van der Waals surface area contributed by atoms with Gasteiger partial charge in [0.25, 0.3) is 5.91 Å². The van der Waals surface area contributed by atoms with Crippen LogP contribution in [-0.4, -0.2) is 36.8 Å². The largest absolute Gasteiger partial charge is 0.330 e. The molecule has 0 aromatic heterocycles. The predicted molar refractivity (Wildman–Crippen MR) is 94.6 cm³/mol. The molecule has 1 fully saturated rings. The van der Waals surface area contributed by atoms with Gasteiger partial charge in [-0.15, -0.1) is 0 Å². The van der Waals surface area contributed by atoms with Crippen LogP contribution in [0, 0.1) is 6.92 Å². The van der Waals surface area contributed by atoms with Gasteiger partial charge in [0, 0.05) is 18.2 Å². The summed E-state index contributed by atoms with van der Waals surface area (Å²) in [5.74, 6) is 0.0972. The molecule has 4 nitrogen and oxygen atoms in total. The fourth-order valence-electron chi connectivity index (χ4n) is 3.02. The number of hydrogen-bond donors (Lipinski definition) is 0. The molecule has 0 bridgehead atoms.